The molecule has 0 aliphatic carbocycles. The number of rotatable bonds is 7. The predicted octanol–water partition coefficient (Wildman–Crippen LogP) is -0.135. The van der Waals surface area contributed by atoms with E-state index in [1.807, 2.05) is 0 Å². The maximum absolute atomic E-state index is 11.3. The summed E-state index contributed by atoms with van der Waals surface area (Å²) in [5, 5.41) is 29.8. The molecule has 6 nitrogen and oxygen atoms in total. The minimum atomic E-state index is -1.32. The molecular formula is C10H23BCl2N2O4. The highest BCUT2D eigenvalue weighted by Crippen LogP contribution is 2.27. The highest BCUT2D eigenvalue weighted by atomic mass is 35.5. The molecule has 1 rings (SSSR count). The van der Waals surface area contributed by atoms with Gasteiger partial charge in [-0.25, -0.2) is 0 Å². The van der Waals surface area contributed by atoms with Crippen molar-refractivity contribution in [3.8, 4) is 0 Å². The maximum Gasteiger partial charge on any atom is 0.451 e. The Hall–Kier alpha value is -0.0451. The van der Waals surface area contributed by atoms with Crippen LogP contribution >= 0.6 is 24.8 Å². The zero-order chi connectivity index (χ0) is 12.9. The molecule has 2 atom stereocenters. The average Bonchev–Trinajstić information content (AvgIpc) is 2.77. The van der Waals surface area contributed by atoms with Crippen molar-refractivity contribution in [1.29, 1.82) is 0 Å². The minimum Gasteiger partial charge on any atom is -0.480 e. The molecule has 1 saturated heterocycles. The molecule has 0 saturated carbocycles. The molecule has 0 unspecified atom stereocenters. The molecule has 1 fully saturated rings. The van der Waals surface area contributed by atoms with E-state index < -0.39 is 18.6 Å². The SMILES string of the molecule is Cl.Cl.N[C@@](CCCCB(O)O)(C(=O)O)[C@@H]1CCNC1. The van der Waals surface area contributed by atoms with Crippen molar-refractivity contribution in [1.82, 2.24) is 5.32 Å². The van der Waals surface area contributed by atoms with Crippen molar-refractivity contribution in [2.45, 2.75) is 37.5 Å². The van der Waals surface area contributed by atoms with Gasteiger partial charge < -0.3 is 26.2 Å². The second-order valence-corrected chi connectivity index (χ2v) is 4.76. The van der Waals surface area contributed by atoms with Gasteiger partial charge in [-0.05, 0) is 25.7 Å². The molecule has 1 aliphatic heterocycles. The number of halogens is 2. The molecule has 0 bridgehead atoms. The van der Waals surface area contributed by atoms with Gasteiger partial charge in [0.05, 0.1) is 0 Å². The predicted molar refractivity (Wildman–Crippen MR) is 78.9 cm³/mol. The van der Waals surface area contributed by atoms with E-state index in [1.54, 1.807) is 0 Å². The van der Waals surface area contributed by atoms with Crippen molar-refractivity contribution in [3.05, 3.63) is 0 Å². The molecule has 1 aliphatic rings. The second kappa shape index (κ2) is 9.80. The molecule has 0 aromatic heterocycles. The summed E-state index contributed by atoms with van der Waals surface area (Å²) in [6.45, 7) is 1.46. The third kappa shape index (κ3) is 6.29. The summed E-state index contributed by atoms with van der Waals surface area (Å²) in [5.74, 6) is -1.00. The number of nitrogens with two attached hydrogens (primary N) is 1. The number of aliphatic carboxylic acids is 1. The van der Waals surface area contributed by atoms with Crippen molar-refractivity contribution in [2.75, 3.05) is 13.1 Å². The maximum atomic E-state index is 11.3. The first kappa shape index (κ1) is 21.3. The first-order valence-corrected chi connectivity index (χ1v) is 6.06. The molecule has 6 N–H and O–H groups in total. The Morgan fingerprint density at radius 1 is 1.37 bits per heavy atom. The molecule has 0 aromatic carbocycles. The van der Waals surface area contributed by atoms with Crippen LogP contribution in [0.4, 0.5) is 0 Å². The van der Waals surface area contributed by atoms with Gasteiger partial charge in [-0.2, -0.15) is 0 Å². The van der Waals surface area contributed by atoms with Crippen LogP contribution in [0.25, 0.3) is 0 Å². The summed E-state index contributed by atoms with van der Waals surface area (Å²) in [6, 6.07) is 0. The van der Waals surface area contributed by atoms with E-state index >= 15 is 0 Å². The molecular weight excluding hydrogens is 294 g/mol. The van der Waals surface area contributed by atoms with Crippen LogP contribution in [0.3, 0.4) is 0 Å². The van der Waals surface area contributed by atoms with Gasteiger partial charge in [0.2, 0.25) is 0 Å². The van der Waals surface area contributed by atoms with Crippen LogP contribution in [0.1, 0.15) is 25.7 Å². The van der Waals surface area contributed by atoms with Crippen LogP contribution in [0, 0.1) is 5.92 Å². The molecule has 0 aromatic rings. The molecule has 1 heterocycles. The van der Waals surface area contributed by atoms with Gasteiger partial charge >= 0.3 is 13.1 Å². The molecule has 0 spiro atoms. The van der Waals surface area contributed by atoms with Gasteiger partial charge in [-0.3, -0.25) is 4.79 Å². The Kier molecular flexibility index (Phi) is 11.0. The van der Waals surface area contributed by atoms with E-state index in [-0.39, 0.29) is 37.1 Å². The third-order valence-corrected chi connectivity index (χ3v) is 3.49. The number of carboxylic acids is 1. The number of unbranched alkanes of at least 4 members (excludes halogenated alkanes) is 1. The van der Waals surface area contributed by atoms with Crippen LogP contribution in [0.2, 0.25) is 6.32 Å². The number of hydrogen-bond donors (Lipinski definition) is 5. The van der Waals surface area contributed by atoms with Gasteiger partial charge in [-0.15, -0.1) is 24.8 Å². The Bertz CT molecular complexity index is 268. The average molecular weight is 317 g/mol. The molecule has 9 heteroatoms. The summed E-state index contributed by atoms with van der Waals surface area (Å²) >= 11 is 0. The normalized spacial score (nSPS) is 20.9. The van der Waals surface area contributed by atoms with Crippen molar-refractivity contribution >= 4 is 37.9 Å². The number of hydrogen-bond acceptors (Lipinski definition) is 5. The van der Waals surface area contributed by atoms with Crippen LogP contribution in [-0.2, 0) is 4.79 Å². The largest absolute Gasteiger partial charge is 0.480 e. The first-order valence-electron chi connectivity index (χ1n) is 6.06. The highest BCUT2D eigenvalue weighted by Gasteiger charge is 2.42. The topological polar surface area (TPSA) is 116 Å². The summed E-state index contributed by atoms with van der Waals surface area (Å²) < 4.78 is 0. The van der Waals surface area contributed by atoms with Gasteiger partial charge in [-0.1, -0.05) is 12.8 Å². The van der Waals surface area contributed by atoms with Crippen molar-refractivity contribution in [2.24, 2.45) is 11.7 Å². The quantitative estimate of drug-likeness (QED) is 0.330. The lowest BCUT2D eigenvalue weighted by Gasteiger charge is -2.30. The number of carboxylic acid groups (broad SMARTS) is 1. The Balaban J connectivity index is 0. The third-order valence-electron chi connectivity index (χ3n) is 3.49. The van der Waals surface area contributed by atoms with Crippen LogP contribution in [-0.4, -0.2) is 46.9 Å². The van der Waals surface area contributed by atoms with Crippen molar-refractivity contribution < 1.29 is 19.9 Å². The number of nitrogens with one attached hydrogen (secondary N) is 1. The Morgan fingerprint density at radius 3 is 2.42 bits per heavy atom. The minimum absolute atomic E-state index is 0. The van der Waals surface area contributed by atoms with Crippen LogP contribution < -0.4 is 11.1 Å². The van der Waals surface area contributed by atoms with Gasteiger partial charge in [0.1, 0.15) is 5.54 Å². The molecule has 0 amide bonds. The van der Waals surface area contributed by atoms with E-state index in [4.69, 9.17) is 15.8 Å². The lowest BCUT2D eigenvalue weighted by atomic mass is 9.77. The summed E-state index contributed by atoms with van der Waals surface area (Å²) in [5.41, 5.74) is 4.81. The standard InChI is InChI=1S/C10H21BN2O4.2ClH/c12-10(9(14)15,8-3-6-13-7-8)4-1-2-5-11(16)17;;/h8,13,16-17H,1-7,12H2,(H,14,15);2*1H/t8-,10-;;/m1../s1. The second-order valence-electron chi connectivity index (χ2n) is 4.76. The molecule has 0 radical (unpaired) electrons. The smallest absolute Gasteiger partial charge is 0.451 e. The zero-order valence-electron chi connectivity index (χ0n) is 10.7. The summed E-state index contributed by atoms with van der Waals surface area (Å²) in [7, 11) is -1.32. The fraction of sp³-hybridized carbons (Fsp3) is 0.900. The van der Waals surface area contributed by atoms with Crippen molar-refractivity contribution in [3.63, 3.8) is 0 Å². The lowest BCUT2D eigenvalue weighted by molar-refractivity contribution is -0.145. The monoisotopic (exact) mass is 316 g/mol. The van der Waals surface area contributed by atoms with E-state index in [1.165, 1.54) is 0 Å². The fourth-order valence-corrected chi connectivity index (χ4v) is 2.32. The summed E-state index contributed by atoms with van der Waals surface area (Å²) in [4.78, 5) is 11.3. The van der Waals surface area contributed by atoms with E-state index in [0.717, 1.165) is 13.0 Å². The first-order chi connectivity index (χ1) is 7.97. The number of carbonyl (C=O) groups is 1. The Morgan fingerprint density at radius 2 is 2.00 bits per heavy atom. The van der Waals surface area contributed by atoms with Crippen LogP contribution in [0.15, 0.2) is 0 Å². The lowest BCUT2D eigenvalue weighted by Crippen LogP contribution is -2.54. The highest BCUT2D eigenvalue weighted by molar-refractivity contribution is 6.40. The van der Waals surface area contributed by atoms with Gasteiger partial charge in [0.25, 0.3) is 0 Å². The Labute approximate surface area is 126 Å². The van der Waals surface area contributed by atoms with Crippen LogP contribution in [0.5, 0.6) is 0 Å². The fourth-order valence-electron chi connectivity index (χ4n) is 2.32. The summed E-state index contributed by atoms with van der Waals surface area (Å²) in [6.07, 6.45) is 2.59. The van der Waals surface area contributed by atoms with Gasteiger partial charge in [0, 0.05) is 12.5 Å². The molecule has 114 valence electrons. The van der Waals surface area contributed by atoms with E-state index in [0.29, 0.717) is 25.8 Å². The van der Waals surface area contributed by atoms with E-state index in [2.05, 4.69) is 5.32 Å². The van der Waals surface area contributed by atoms with Gasteiger partial charge in [0.15, 0.2) is 0 Å². The van der Waals surface area contributed by atoms with E-state index in [9.17, 15) is 9.90 Å². The zero-order valence-corrected chi connectivity index (χ0v) is 12.4. The molecule has 19 heavy (non-hydrogen) atoms.